The molecule has 0 saturated heterocycles. The molecule has 0 unspecified atom stereocenters. The molecular weight excluding hydrogens is 271 g/mol. The van der Waals surface area contributed by atoms with E-state index in [1.165, 1.54) is 44.9 Å². The second-order valence-corrected chi connectivity index (χ2v) is 6.67. The summed E-state index contributed by atoms with van der Waals surface area (Å²) < 4.78 is 0.998. The van der Waals surface area contributed by atoms with Gasteiger partial charge in [-0.05, 0) is 37.5 Å². The van der Waals surface area contributed by atoms with E-state index in [2.05, 4.69) is 22.6 Å². The zero-order chi connectivity index (χ0) is 9.10. The van der Waals surface area contributed by atoms with Gasteiger partial charge in [-0.3, -0.25) is 0 Å². The summed E-state index contributed by atoms with van der Waals surface area (Å²) in [7, 11) is 0. The van der Waals surface area contributed by atoms with Crippen molar-refractivity contribution < 1.29 is 0 Å². The fraction of sp³-hybridized carbons (Fsp3) is 1.00. The minimum Gasteiger partial charge on any atom is -0.0826 e. The van der Waals surface area contributed by atoms with Crippen LogP contribution >= 0.6 is 22.6 Å². The van der Waals surface area contributed by atoms with Crippen LogP contribution in [0.2, 0.25) is 0 Å². The maximum atomic E-state index is 2.64. The van der Waals surface area contributed by atoms with Gasteiger partial charge in [-0.1, -0.05) is 54.7 Å². The van der Waals surface area contributed by atoms with Gasteiger partial charge in [0.25, 0.3) is 0 Å². The first-order valence-corrected chi connectivity index (χ1v) is 7.25. The number of hydrogen-bond acceptors (Lipinski definition) is 0. The Kier molecular flexibility index (Phi) is 3.94. The van der Waals surface area contributed by atoms with Gasteiger partial charge in [-0.2, -0.15) is 0 Å². The fourth-order valence-electron chi connectivity index (χ4n) is 3.16. The number of hydrogen-bond donors (Lipinski definition) is 0. The molecule has 2 saturated carbocycles. The molecule has 76 valence electrons. The smallest absolute Gasteiger partial charge is 0.0110 e. The van der Waals surface area contributed by atoms with Crippen molar-refractivity contribution in [1.29, 1.82) is 0 Å². The van der Waals surface area contributed by atoms with Gasteiger partial charge in [-0.15, -0.1) is 0 Å². The van der Waals surface area contributed by atoms with Crippen molar-refractivity contribution in [2.45, 2.75) is 61.7 Å². The van der Waals surface area contributed by atoms with Crippen molar-refractivity contribution in [2.24, 2.45) is 11.8 Å². The average molecular weight is 292 g/mol. The number of rotatable bonds is 1. The van der Waals surface area contributed by atoms with E-state index in [0.29, 0.717) is 0 Å². The molecule has 2 aliphatic rings. The molecule has 0 radical (unpaired) electrons. The van der Waals surface area contributed by atoms with Gasteiger partial charge in [0, 0.05) is 3.92 Å². The van der Waals surface area contributed by atoms with Crippen LogP contribution < -0.4 is 0 Å². The molecule has 0 aromatic heterocycles. The van der Waals surface area contributed by atoms with Gasteiger partial charge in [-0.25, -0.2) is 0 Å². The van der Waals surface area contributed by atoms with Crippen LogP contribution in [-0.4, -0.2) is 3.92 Å². The summed E-state index contributed by atoms with van der Waals surface area (Å²) in [5.74, 6) is 2.24. The molecular formula is C12H21I. The standard InChI is InChI=1S/C12H21I/c13-12-8-6-11(7-9-12)10-4-2-1-3-5-10/h10-12H,1-9H2. The zero-order valence-corrected chi connectivity index (χ0v) is 10.6. The normalized spacial score (nSPS) is 37.6. The van der Waals surface area contributed by atoms with Gasteiger partial charge in [0.2, 0.25) is 0 Å². The van der Waals surface area contributed by atoms with E-state index in [-0.39, 0.29) is 0 Å². The first-order valence-electron chi connectivity index (χ1n) is 6.00. The molecule has 0 heterocycles. The first-order chi connectivity index (χ1) is 6.36. The van der Waals surface area contributed by atoms with Crippen LogP contribution in [0.5, 0.6) is 0 Å². The largest absolute Gasteiger partial charge is 0.0826 e. The Labute approximate surface area is 96.0 Å². The van der Waals surface area contributed by atoms with Crippen LogP contribution in [0.3, 0.4) is 0 Å². The Morgan fingerprint density at radius 3 is 1.77 bits per heavy atom. The summed E-state index contributed by atoms with van der Waals surface area (Å²) in [6.45, 7) is 0. The Morgan fingerprint density at radius 1 is 0.615 bits per heavy atom. The number of alkyl halides is 1. The summed E-state index contributed by atoms with van der Waals surface area (Å²) in [6.07, 6.45) is 13.7. The predicted octanol–water partition coefficient (Wildman–Crippen LogP) is 4.56. The lowest BCUT2D eigenvalue weighted by atomic mass is 9.73. The molecule has 0 nitrogen and oxygen atoms in total. The van der Waals surface area contributed by atoms with Crippen LogP contribution in [0, 0.1) is 11.8 Å². The van der Waals surface area contributed by atoms with Crippen molar-refractivity contribution in [3.8, 4) is 0 Å². The van der Waals surface area contributed by atoms with Crippen molar-refractivity contribution in [1.82, 2.24) is 0 Å². The van der Waals surface area contributed by atoms with Crippen molar-refractivity contribution in [2.75, 3.05) is 0 Å². The third-order valence-corrected chi connectivity index (χ3v) is 5.26. The van der Waals surface area contributed by atoms with E-state index in [1.807, 2.05) is 0 Å². The Morgan fingerprint density at radius 2 is 1.15 bits per heavy atom. The quantitative estimate of drug-likeness (QED) is 0.491. The summed E-state index contributed by atoms with van der Waals surface area (Å²) in [5.41, 5.74) is 0. The maximum Gasteiger partial charge on any atom is 0.0110 e. The van der Waals surface area contributed by atoms with E-state index in [0.717, 1.165) is 15.8 Å². The SMILES string of the molecule is IC1CCC(C2CCCCC2)CC1. The Hall–Kier alpha value is 0.730. The van der Waals surface area contributed by atoms with Crippen LogP contribution in [0.4, 0.5) is 0 Å². The minimum atomic E-state index is 0.998. The van der Waals surface area contributed by atoms with Crippen LogP contribution in [-0.2, 0) is 0 Å². The molecule has 2 fully saturated rings. The number of halogens is 1. The van der Waals surface area contributed by atoms with E-state index >= 15 is 0 Å². The second kappa shape index (κ2) is 4.99. The first kappa shape index (κ1) is 10.3. The monoisotopic (exact) mass is 292 g/mol. The minimum absolute atomic E-state index is 0.998. The summed E-state index contributed by atoms with van der Waals surface area (Å²) in [6, 6.07) is 0. The maximum absolute atomic E-state index is 2.64. The van der Waals surface area contributed by atoms with Gasteiger partial charge in [0.15, 0.2) is 0 Å². The summed E-state index contributed by atoms with van der Waals surface area (Å²) in [5, 5.41) is 0. The molecule has 2 aliphatic carbocycles. The highest BCUT2D eigenvalue weighted by atomic mass is 127. The third kappa shape index (κ3) is 2.84. The topological polar surface area (TPSA) is 0 Å². The molecule has 0 spiro atoms. The molecule has 0 aromatic carbocycles. The van der Waals surface area contributed by atoms with E-state index in [1.54, 1.807) is 12.8 Å². The zero-order valence-electron chi connectivity index (χ0n) is 8.47. The van der Waals surface area contributed by atoms with Crippen molar-refractivity contribution >= 4 is 22.6 Å². The van der Waals surface area contributed by atoms with Gasteiger partial charge < -0.3 is 0 Å². The highest BCUT2D eigenvalue weighted by Gasteiger charge is 2.27. The molecule has 1 heteroatoms. The molecule has 0 aliphatic heterocycles. The van der Waals surface area contributed by atoms with Gasteiger partial charge >= 0.3 is 0 Å². The van der Waals surface area contributed by atoms with Crippen LogP contribution in [0.25, 0.3) is 0 Å². The molecule has 0 aromatic rings. The average Bonchev–Trinajstić information content (AvgIpc) is 2.20. The molecule has 0 bridgehead atoms. The van der Waals surface area contributed by atoms with Crippen molar-refractivity contribution in [3.05, 3.63) is 0 Å². The lowest BCUT2D eigenvalue weighted by Crippen LogP contribution is -2.23. The van der Waals surface area contributed by atoms with Gasteiger partial charge in [0.05, 0.1) is 0 Å². The predicted molar refractivity (Wildman–Crippen MR) is 66.3 cm³/mol. The molecule has 2 rings (SSSR count). The Bertz CT molecular complexity index is 141. The molecule has 0 N–H and O–H groups in total. The fourth-order valence-corrected chi connectivity index (χ4v) is 3.87. The van der Waals surface area contributed by atoms with E-state index in [9.17, 15) is 0 Å². The van der Waals surface area contributed by atoms with E-state index in [4.69, 9.17) is 0 Å². The highest BCUT2D eigenvalue weighted by molar-refractivity contribution is 14.1. The molecule has 0 atom stereocenters. The van der Waals surface area contributed by atoms with Crippen LogP contribution in [0.1, 0.15) is 57.8 Å². The summed E-state index contributed by atoms with van der Waals surface area (Å²) in [4.78, 5) is 0. The second-order valence-electron chi connectivity index (χ2n) is 4.91. The lowest BCUT2D eigenvalue weighted by molar-refractivity contribution is 0.200. The third-order valence-electron chi connectivity index (χ3n) is 4.02. The molecule has 13 heavy (non-hydrogen) atoms. The van der Waals surface area contributed by atoms with Crippen molar-refractivity contribution in [3.63, 3.8) is 0 Å². The summed E-state index contributed by atoms with van der Waals surface area (Å²) >= 11 is 2.64. The Balaban J connectivity index is 1.79. The lowest BCUT2D eigenvalue weighted by Gasteiger charge is -2.34. The highest BCUT2D eigenvalue weighted by Crippen LogP contribution is 2.39. The molecule has 0 amide bonds. The van der Waals surface area contributed by atoms with Gasteiger partial charge in [0.1, 0.15) is 0 Å². The van der Waals surface area contributed by atoms with E-state index < -0.39 is 0 Å². The van der Waals surface area contributed by atoms with Crippen LogP contribution in [0.15, 0.2) is 0 Å².